The van der Waals surface area contributed by atoms with Gasteiger partial charge in [0.1, 0.15) is 6.07 Å². The molecule has 3 rings (SSSR count). The lowest BCUT2D eigenvalue weighted by Gasteiger charge is -2.11. The third-order valence-corrected chi connectivity index (χ3v) is 5.79. The third-order valence-electron chi connectivity index (χ3n) is 3.72. The normalized spacial score (nSPS) is 10.7. The predicted octanol–water partition coefficient (Wildman–Crippen LogP) is 5.56. The monoisotopic (exact) mass is 405 g/mol. The standard InChI is InChI=1S/C17H13BrClN3S/c1-10-3-5-12(6-4-10)16-14(7-20)15(18)11(2)22(16)9-13-8-21-17(19)23-13/h3-6,8H,9H2,1-2H3. The van der Waals surface area contributed by atoms with Crippen LogP contribution in [0.4, 0.5) is 0 Å². The third kappa shape index (κ3) is 3.07. The largest absolute Gasteiger partial charge is 0.337 e. The van der Waals surface area contributed by atoms with Crippen LogP contribution in [-0.2, 0) is 6.54 Å². The van der Waals surface area contributed by atoms with Gasteiger partial charge >= 0.3 is 0 Å². The lowest BCUT2D eigenvalue weighted by molar-refractivity contribution is 0.791. The minimum absolute atomic E-state index is 0.529. The number of rotatable bonds is 3. The molecule has 0 saturated carbocycles. The molecule has 0 aliphatic heterocycles. The van der Waals surface area contributed by atoms with Crippen LogP contribution in [-0.4, -0.2) is 9.55 Å². The van der Waals surface area contributed by atoms with E-state index >= 15 is 0 Å². The van der Waals surface area contributed by atoms with Crippen LogP contribution in [0.25, 0.3) is 11.3 Å². The van der Waals surface area contributed by atoms with Crippen LogP contribution >= 0.6 is 38.9 Å². The van der Waals surface area contributed by atoms with Gasteiger partial charge < -0.3 is 4.57 Å². The van der Waals surface area contributed by atoms with Gasteiger partial charge in [-0.15, -0.1) is 11.3 Å². The molecule has 0 radical (unpaired) electrons. The van der Waals surface area contributed by atoms with Crippen LogP contribution in [0.1, 0.15) is 21.7 Å². The van der Waals surface area contributed by atoms with Crippen molar-refractivity contribution in [2.24, 2.45) is 0 Å². The Balaban J connectivity index is 2.18. The van der Waals surface area contributed by atoms with Crippen LogP contribution in [0.3, 0.4) is 0 Å². The van der Waals surface area contributed by atoms with Gasteiger partial charge in [0.25, 0.3) is 0 Å². The summed E-state index contributed by atoms with van der Waals surface area (Å²) >= 11 is 11.0. The number of hydrogen-bond acceptors (Lipinski definition) is 3. The second kappa shape index (κ2) is 6.48. The second-order valence-corrected chi connectivity index (χ2v) is 7.76. The Morgan fingerprint density at radius 2 is 2.00 bits per heavy atom. The molecule has 23 heavy (non-hydrogen) atoms. The molecule has 0 saturated heterocycles. The minimum atomic E-state index is 0.529. The van der Waals surface area contributed by atoms with Crippen LogP contribution in [0.5, 0.6) is 0 Å². The van der Waals surface area contributed by atoms with Gasteiger partial charge in [0.15, 0.2) is 4.47 Å². The molecule has 0 atom stereocenters. The number of thiazole rings is 1. The Bertz CT molecular complexity index is 903. The highest BCUT2D eigenvalue weighted by Gasteiger charge is 2.20. The molecule has 0 aliphatic rings. The van der Waals surface area contributed by atoms with E-state index in [9.17, 15) is 5.26 Å². The average molecular weight is 407 g/mol. The molecule has 0 N–H and O–H groups in total. The van der Waals surface area contributed by atoms with Gasteiger partial charge in [-0.25, -0.2) is 4.98 Å². The number of nitrogens with zero attached hydrogens (tertiary/aromatic N) is 3. The molecule has 0 spiro atoms. The van der Waals surface area contributed by atoms with E-state index in [1.807, 2.05) is 19.1 Å². The fourth-order valence-electron chi connectivity index (χ4n) is 2.53. The molecule has 0 amide bonds. The summed E-state index contributed by atoms with van der Waals surface area (Å²) in [4.78, 5) is 5.15. The number of halogens is 2. The van der Waals surface area contributed by atoms with Gasteiger partial charge in [0.05, 0.1) is 22.3 Å². The van der Waals surface area contributed by atoms with Crippen LogP contribution in [0.15, 0.2) is 34.9 Å². The lowest BCUT2D eigenvalue weighted by atomic mass is 10.1. The Morgan fingerprint density at radius 1 is 1.30 bits per heavy atom. The quantitative estimate of drug-likeness (QED) is 0.571. The van der Waals surface area contributed by atoms with Gasteiger partial charge in [-0.1, -0.05) is 41.4 Å². The van der Waals surface area contributed by atoms with Gasteiger partial charge in [0.2, 0.25) is 0 Å². The molecular formula is C17H13BrClN3S. The maximum absolute atomic E-state index is 9.60. The summed E-state index contributed by atoms with van der Waals surface area (Å²) in [6, 6.07) is 10.5. The Morgan fingerprint density at radius 3 is 2.57 bits per heavy atom. The molecule has 2 aromatic heterocycles. The van der Waals surface area contributed by atoms with Gasteiger partial charge in [0, 0.05) is 16.8 Å². The topological polar surface area (TPSA) is 41.6 Å². The molecule has 3 nitrogen and oxygen atoms in total. The Hall–Kier alpha value is -1.61. The molecular weight excluding hydrogens is 394 g/mol. The molecule has 3 aromatic rings. The summed E-state index contributed by atoms with van der Waals surface area (Å²) in [6.45, 7) is 4.69. The molecule has 2 heterocycles. The van der Waals surface area contributed by atoms with E-state index in [0.29, 0.717) is 16.6 Å². The van der Waals surface area contributed by atoms with Crippen LogP contribution < -0.4 is 0 Å². The number of aromatic nitrogens is 2. The fraction of sp³-hybridized carbons (Fsp3) is 0.176. The van der Waals surface area contributed by atoms with Crippen molar-refractivity contribution in [3.05, 3.63) is 61.1 Å². The first-order valence-corrected chi connectivity index (χ1v) is 8.96. The maximum atomic E-state index is 9.60. The molecule has 0 unspecified atom stereocenters. The Kier molecular flexibility index (Phi) is 4.58. The summed E-state index contributed by atoms with van der Waals surface area (Å²) in [7, 11) is 0. The highest BCUT2D eigenvalue weighted by molar-refractivity contribution is 9.10. The number of hydrogen-bond donors (Lipinski definition) is 0. The van der Waals surface area contributed by atoms with Crippen molar-refractivity contribution in [3.8, 4) is 17.3 Å². The first-order valence-electron chi connectivity index (χ1n) is 6.97. The summed E-state index contributed by atoms with van der Waals surface area (Å²) in [5.41, 5.74) is 4.80. The fourth-order valence-corrected chi connectivity index (χ4v) is 3.99. The van der Waals surface area contributed by atoms with Crippen molar-refractivity contribution in [3.63, 3.8) is 0 Å². The summed E-state index contributed by atoms with van der Waals surface area (Å²) in [6.07, 6.45) is 1.78. The zero-order valence-corrected chi connectivity index (χ0v) is 15.8. The number of aryl methyl sites for hydroxylation is 1. The van der Waals surface area contributed by atoms with Crippen molar-refractivity contribution in [2.75, 3.05) is 0 Å². The highest BCUT2D eigenvalue weighted by atomic mass is 79.9. The predicted molar refractivity (Wildman–Crippen MR) is 98.0 cm³/mol. The van der Waals surface area contributed by atoms with Crippen molar-refractivity contribution in [1.82, 2.24) is 9.55 Å². The van der Waals surface area contributed by atoms with Gasteiger partial charge in [-0.2, -0.15) is 5.26 Å². The molecule has 6 heteroatoms. The van der Waals surface area contributed by atoms with E-state index < -0.39 is 0 Å². The smallest absolute Gasteiger partial charge is 0.183 e. The summed E-state index contributed by atoms with van der Waals surface area (Å²) < 4.78 is 3.50. The van der Waals surface area contributed by atoms with Crippen molar-refractivity contribution >= 4 is 38.9 Å². The molecule has 0 fully saturated rings. The van der Waals surface area contributed by atoms with E-state index in [-0.39, 0.29) is 0 Å². The molecule has 1 aromatic carbocycles. The number of nitriles is 1. The van der Waals surface area contributed by atoms with Gasteiger partial charge in [-0.05, 0) is 35.3 Å². The van der Waals surface area contributed by atoms with E-state index in [1.165, 1.54) is 16.9 Å². The maximum Gasteiger partial charge on any atom is 0.183 e. The lowest BCUT2D eigenvalue weighted by Crippen LogP contribution is -2.03. The van der Waals surface area contributed by atoms with Crippen LogP contribution in [0, 0.1) is 25.2 Å². The van der Waals surface area contributed by atoms with Crippen molar-refractivity contribution in [1.29, 1.82) is 5.26 Å². The van der Waals surface area contributed by atoms with E-state index in [4.69, 9.17) is 11.6 Å². The zero-order valence-electron chi connectivity index (χ0n) is 12.6. The van der Waals surface area contributed by atoms with E-state index in [1.54, 1.807) is 6.20 Å². The van der Waals surface area contributed by atoms with Crippen LogP contribution in [0.2, 0.25) is 4.47 Å². The van der Waals surface area contributed by atoms with Crippen molar-refractivity contribution < 1.29 is 0 Å². The number of benzene rings is 1. The zero-order chi connectivity index (χ0) is 16.6. The second-order valence-electron chi connectivity index (χ2n) is 5.27. The Labute approximate surface area is 152 Å². The SMILES string of the molecule is Cc1ccc(-c2c(C#N)c(Br)c(C)n2Cc2cnc(Cl)s2)cc1. The summed E-state index contributed by atoms with van der Waals surface area (Å²) in [5, 5.41) is 9.60. The van der Waals surface area contributed by atoms with Gasteiger partial charge in [-0.3, -0.25) is 0 Å². The van der Waals surface area contributed by atoms with E-state index in [2.05, 4.69) is 50.6 Å². The van der Waals surface area contributed by atoms with E-state index in [0.717, 1.165) is 26.3 Å². The average Bonchev–Trinajstić information content (AvgIpc) is 3.04. The molecule has 116 valence electrons. The molecule has 0 aliphatic carbocycles. The summed E-state index contributed by atoms with van der Waals surface area (Å²) in [5.74, 6) is 0. The molecule has 0 bridgehead atoms. The van der Waals surface area contributed by atoms with Crippen molar-refractivity contribution in [2.45, 2.75) is 20.4 Å². The highest BCUT2D eigenvalue weighted by Crippen LogP contribution is 2.36. The minimum Gasteiger partial charge on any atom is -0.337 e. The first-order chi connectivity index (χ1) is 11.0. The first kappa shape index (κ1) is 16.3.